The summed E-state index contributed by atoms with van der Waals surface area (Å²) in [6, 6.07) is 0. The van der Waals surface area contributed by atoms with Crippen LogP contribution in [0.25, 0.3) is 6.15 Å². The molecule has 0 saturated carbocycles. The summed E-state index contributed by atoms with van der Waals surface area (Å²) in [5.41, 5.74) is 0. The number of hydrogen-bond donors (Lipinski definition) is 0. The topological polar surface area (TPSA) is 33.5 Å². The molecule has 0 aromatic carbocycles. The minimum Gasteiger partial charge on any atom is -0.693 e. The fourth-order valence-corrected chi connectivity index (χ4v) is 0. The third-order valence-corrected chi connectivity index (χ3v) is 0. The van der Waals surface area contributed by atoms with Gasteiger partial charge in [-0.05, 0) is 0 Å². The Morgan fingerprint density at radius 2 is 1.00 bits per heavy atom. The molecule has 0 rings (SSSR count). The Morgan fingerprint density at radius 3 is 1.00 bits per heavy atom. The van der Waals surface area contributed by atoms with E-state index in [0.29, 0.717) is 0 Å². The van der Waals surface area contributed by atoms with Gasteiger partial charge in [0.25, 0.3) is 0 Å². The molecule has 6 heavy (non-hydrogen) atoms. The van der Waals surface area contributed by atoms with Crippen LogP contribution in [0.1, 0.15) is 0 Å². The molecule has 0 fully saturated rings. The van der Waals surface area contributed by atoms with Gasteiger partial charge in [0.2, 0.25) is 0 Å². The second-order valence-electron chi connectivity index (χ2n) is 1.50. The molecule has 2 radical (unpaired) electrons. The molecule has 3 heteroatoms. The van der Waals surface area contributed by atoms with Crippen LogP contribution in [-0.4, -0.2) is 8.80 Å². The number of nitrogens with two attached hydrogens (primary N) is 1. The molecular weight excluding hydrogens is 137 g/mol. The zero-order chi connectivity index (χ0) is 3.58. The number of hydrogen-bond acceptors (Lipinski definition) is 0. The predicted molar refractivity (Wildman–Crippen MR) is 28.6 cm³/mol. The average molecular weight is 148 g/mol. The van der Waals surface area contributed by atoms with Gasteiger partial charge in [0.1, 0.15) is 0 Å². The van der Waals surface area contributed by atoms with Gasteiger partial charge in [-0.15, -0.1) is 0 Å². The number of rotatable bonds is 0. The van der Waals surface area contributed by atoms with Gasteiger partial charge in [-0.1, -0.05) is 19.6 Å². The summed E-state index contributed by atoms with van der Waals surface area (Å²) in [6.45, 7) is 6.81. The van der Waals surface area contributed by atoms with Crippen molar-refractivity contribution in [3.05, 3.63) is 6.15 Å². The van der Waals surface area contributed by atoms with Crippen molar-refractivity contribution in [1.82, 2.24) is 0 Å². The normalized spacial score (nSPS) is 6.00. The van der Waals surface area contributed by atoms with E-state index in [1.807, 2.05) is 0 Å². The summed E-state index contributed by atoms with van der Waals surface area (Å²) in [6.07, 6.45) is 0. The van der Waals surface area contributed by atoms with Crippen LogP contribution in [0, 0.1) is 0 Å². The fourth-order valence-electron chi connectivity index (χ4n) is 0. The van der Waals surface area contributed by atoms with Gasteiger partial charge in [0, 0.05) is 25.6 Å². The van der Waals surface area contributed by atoms with Crippen LogP contribution in [-0.2, 0) is 16.8 Å². The predicted octanol–water partition coefficient (Wildman–Crippen LogP) is 2.09. The Bertz CT molecular complexity index is 15.5. The van der Waals surface area contributed by atoms with Crippen molar-refractivity contribution < 1.29 is 16.8 Å². The first kappa shape index (κ1) is 15.9. The van der Waals surface area contributed by atoms with Gasteiger partial charge < -0.3 is 6.15 Å². The first-order valence-electron chi connectivity index (χ1n) is 1.50. The van der Waals surface area contributed by atoms with Gasteiger partial charge in [-0.2, -0.15) is 0 Å². The van der Waals surface area contributed by atoms with Gasteiger partial charge in [0.05, 0.1) is 0 Å². The second kappa shape index (κ2) is 9.19. The summed E-state index contributed by atoms with van der Waals surface area (Å²) in [5, 5.41) is 0. The fraction of sp³-hybridized carbons (Fsp3) is 1.00. The molecular formula is C3H11CoNSi-. The van der Waals surface area contributed by atoms with E-state index in [1.54, 1.807) is 0 Å². The maximum absolute atomic E-state index is 2.27. The van der Waals surface area contributed by atoms with E-state index in [2.05, 4.69) is 19.6 Å². The summed E-state index contributed by atoms with van der Waals surface area (Å²) >= 11 is 0. The Kier molecular flexibility index (Phi) is 24.4. The van der Waals surface area contributed by atoms with E-state index >= 15 is 0 Å². The maximum atomic E-state index is 2.27. The summed E-state index contributed by atoms with van der Waals surface area (Å²) in [7, 11) is 0.120. The molecule has 0 amide bonds. The van der Waals surface area contributed by atoms with Crippen LogP contribution in [0.2, 0.25) is 19.6 Å². The molecule has 2 N–H and O–H groups in total. The van der Waals surface area contributed by atoms with Crippen molar-refractivity contribution in [2.24, 2.45) is 0 Å². The SMILES string of the molecule is C[Si](C)C.[Co].[NH2-]. The molecule has 0 atom stereocenters. The zero-order valence-corrected chi connectivity index (χ0v) is 6.45. The molecule has 0 heterocycles. The molecule has 0 saturated heterocycles. The van der Waals surface area contributed by atoms with Crippen LogP contribution in [0.15, 0.2) is 0 Å². The molecule has 0 aliphatic heterocycles. The van der Waals surface area contributed by atoms with E-state index in [0.717, 1.165) is 0 Å². The van der Waals surface area contributed by atoms with Crippen molar-refractivity contribution in [2.75, 3.05) is 0 Å². The summed E-state index contributed by atoms with van der Waals surface area (Å²) < 4.78 is 0. The molecule has 0 aromatic heterocycles. The van der Waals surface area contributed by atoms with Gasteiger partial charge in [-0.25, -0.2) is 0 Å². The third-order valence-electron chi connectivity index (χ3n) is 0. The monoisotopic (exact) mass is 148 g/mol. The largest absolute Gasteiger partial charge is 0.693 e. The molecule has 0 unspecified atom stereocenters. The molecule has 0 bridgehead atoms. The van der Waals surface area contributed by atoms with Crippen molar-refractivity contribution in [3.8, 4) is 0 Å². The first-order valence-corrected chi connectivity index (χ1v) is 4.50. The second-order valence-corrected chi connectivity index (χ2v) is 4.50. The van der Waals surface area contributed by atoms with Crippen molar-refractivity contribution in [2.45, 2.75) is 19.6 Å². The van der Waals surface area contributed by atoms with Crippen LogP contribution in [0.4, 0.5) is 0 Å². The average Bonchev–Trinajstić information content (AvgIpc) is 0.811. The van der Waals surface area contributed by atoms with Gasteiger partial charge in [-0.3, -0.25) is 0 Å². The smallest absolute Gasteiger partial charge is 0.0379 e. The molecule has 0 spiro atoms. The Hall–Kier alpha value is 0.683. The Morgan fingerprint density at radius 1 is 1.00 bits per heavy atom. The van der Waals surface area contributed by atoms with Crippen LogP contribution >= 0.6 is 0 Å². The summed E-state index contributed by atoms with van der Waals surface area (Å²) in [4.78, 5) is 0. The van der Waals surface area contributed by atoms with E-state index in [-0.39, 0.29) is 31.7 Å². The Labute approximate surface area is 51.9 Å². The Balaban J connectivity index is -0.0000000450. The molecule has 1 nitrogen and oxygen atoms in total. The van der Waals surface area contributed by atoms with Crippen molar-refractivity contribution in [1.29, 1.82) is 0 Å². The minimum absolute atomic E-state index is 0. The zero-order valence-electron chi connectivity index (χ0n) is 4.41. The van der Waals surface area contributed by atoms with E-state index in [4.69, 9.17) is 0 Å². The van der Waals surface area contributed by atoms with E-state index in [1.165, 1.54) is 0 Å². The maximum Gasteiger partial charge on any atom is 0.0379 e. The van der Waals surface area contributed by atoms with E-state index in [9.17, 15) is 0 Å². The summed E-state index contributed by atoms with van der Waals surface area (Å²) in [5.74, 6) is 0. The van der Waals surface area contributed by atoms with Crippen LogP contribution in [0.5, 0.6) is 0 Å². The van der Waals surface area contributed by atoms with Crippen molar-refractivity contribution >= 4 is 8.80 Å². The molecule has 0 aliphatic carbocycles. The molecule has 0 aromatic rings. The van der Waals surface area contributed by atoms with Gasteiger partial charge in [0.15, 0.2) is 0 Å². The van der Waals surface area contributed by atoms with E-state index < -0.39 is 0 Å². The van der Waals surface area contributed by atoms with Crippen LogP contribution in [0.3, 0.4) is 0 Å². The molecule has 42 valence electrons. The van der Waals surface area contributed by atoms with Gasteiger partial charge >= 0.3 is 0 Å². The first-order chi connectivity index (χ1) is 1.73. The standard InChI is InChI=1S/C3H9Si.Co.H2N/c1-4(2)3;;/h1-3H3;;1H2/q;;-1. The van der Waals surface area contributed by atoms with Crippen molar-refractivity contribution in [3.63, 3.8) is 0 Å². The molecule has 0 aliphatic rings. The third kappa shape index (κ3) is 136. The minimum atomic E-state index is 0. The van der Waals surface area contributed by atoms with Crippen LogP contribution < -0.4 is 0 Å². The quantitative estimate of drug-likeness (QED) is 0.471.